The van der Waals surface area contributed by atoms with Crippen molar-refractivity contribution in [3.8, 4) is 0 Å². The Bertz CT molecular complexity index is 654. The van der Waals surface area contributed by atoms with Gasteiger partial charge in [0.1, 0.15) is 10.7 Å². The molecule has 0 radical (unpaired) electrons. The van der Waals surface area contributed by atoms with Gasteiger partial charge in [-0.05, 0) is 29.8 Å². The molecular formula is C12H12BrN3O2S. The fourth-order valence-electron chi connectivity index (χ4n) is 1.41. The summed E-state index contributed by atoms with van der Waals surface area (Å²) in [5.41, 5.74) is 6.29. The summed E-state index contributed by atoms with van der Waals surface area (Å²) >= 11 is 3.32. The van der Waals surface area contributed by atoms with E-state index in [1.165, 1.54) is 18.3 Å². The van der Waals surface area contributed by atoms with E-state index < -0.39 is 10.0 Å². The molecule has 1 aromatic heterocycles. The highest BCUT2D eigenvalue weighted by molar-refractivity contribution is 9.10. The molecule has 0 unspecified atom stereocenters. The number of pyridine rings is 1. The second kappa shape index (κ2) is 5.68. The van der Waals surface area contributed by atoms with Gasteiger partial charge in [-0.25, -0.2) is 18.1 Å². The largest absolute Gasteiger partial charge is 0.384 e. The number of nitrogens with zero attached hydrogens (tertiary/aromatic N) is 1. The maximum atomic E-state index is 12.0. The minimum Gasteiger partial charge on any atom is -0.384 e. The summed E-state index contributed by atoms with van der Waals surface area (Å²) in [6, 6.07) is 10.3. The van der Waals surface area contributed by atoms with Crippen LogP contribution < -0.4 is 10.5 Å². The third-order valence-electron chi connectivity index (χ3n) is 2.45. The molecule has 0 bridgehead atoms. The van der Waals surface area contributed by atoms with Crippen molar-refractivity contribution in [3.05, 3.63) is 52.6 Å². The zero-order chi connectivity index (χ0) is 13.9. The molecule has 0 aliphatic carbocycles. The molecule has 19 heavy (non-hydrogen) atoms. The first-order valence-electron chi connectivity index (χ1n) is 5.43. The third kappa shape index (κ3) is 3.76. The van der Waals surface area contributed by atoms with Gasteiger partial charge in [0.15, 0.2) is 0 Å². The molecule has 0 aliphatic rings. The summed E-state index contributed by atoms with van der Waals surface area (Å²) in [4.78, 5) is 3.86. The van der Waals surface area contributed by atoms with Gasteiger partial charge in [-0.1, -0.05) is 28.1 Å². The number of hydrogen-bond donors (Lipinski definition) is 2. The monoisotopic (exact) mass is 341 g/mol. The van der Waals surface area contributed by atoms with Crippen LogP contribution in [0.3, 0.4) is 0 Å². The minimum absolute atomic E-state index is 0.0961. The van der Waals surface area contributed by atoms with Crippen molar-refractivity contribution >= 4 is 31.8 Å². The molecule has 0 atom stereocenters. The smallest absolute Gasteiger partial charge is 0.242 e. The molecule has 100 valence electrons. The molecule has 1 aromatic carbocycles. The summed E-state index contributed by atoms with van der Waals surface area (Å²) in [6.07, 6.45) is 1.24. The lowest BCUT2D eigenvalue weighted by Crippen LogP contribution is -2.23. The second-order valence-corrected chi connectivity index (χ2v) is 6.55. The van der Waals surface area contributed by atoms with Crippen molar-refractivity contribution in [1.82, 2.24) is 9.71 Å². The van der Waals surface area contributed by atoms with Crippen molar-refractivity contribution in [2.75, 3.05) is 5.73 Å². The summed E-state index contributed by atoms with van der Waals surface area (Å²) in [5, 5.41) is 0. The van der Waals surface area contributed by atoms with Gasteiger partial charge in [-0.3, -0.25) is 0 Å². The highest BCUT2D eigenvalue weighted by Crippen LogP contribution is 2.12. The standard InChI is InChI=1S/C12H12BrN3O2S/c13-10-3-1-9(2-4-10)7-16-19(17,18)11-5-6-12(14)15-8-11/h1-6,8,16H,7H2,(H2,14,15). The first-order chi connectivity index (χ1) is 8.97. The molecule has 0 aliphatic heterocycles. The summed E-state index contributed by atoms with van der Waals surface area (Å²) in [5.74, 6) is 0.284. The highest BCUT2D eigenvalue weighted by Gasteiger charge is 2.13. The number of benzene rings is 1. The Morgan fingerprint density at radius 3 is 2.42 bits per heavy atom. The van der Waals surface area contributed by atoms with Gasteiger partial charge in [-0.15, -0.1) is 0 Å². The normalized spacial score (nSPS) is 11.4. The lowest BCUT2D eigenvalue weighted by Gasteiger charge is -2.06. The first kappa shape index (κ1) is 14.0. The van der Waals surface area contributed by atoms with Gasteiger partial charge in [0.25, 0.3) is 0 Å². The predicted molar refractivity (Wildman–Crippen MR) is 76.8 cm³/mol. The second-order valence-electron chi connectivity index (χ2n) is 3.87. The number of sulfonamides is 1. The zero-order valence-electron chi connectivity index (χ0n) is 9.88. The van der Waals surface area contributed by atoms with Crippen LogP contribution in [0.25, 0.3) is 0 Å². The van der Waals surface area contributed by atoms with Crippen LogP contribution in [0.4, 0.5) is 5.82 Å². The first-order valence-corrected chi connectivity index (χ1v) is 7.71. The molecule has 1 heterocycles. The maximum Gasteiger partial charge on any atom is 0.242 e. The Balaban J connectivity index is 2.09. The van der Waals surface area contributed by atoms with E-state index in [2.05, 4.69) is 25.6 Å². The average molecular weight is 342 g/mol. The quantitative estimate of drug-likeness (QED) is 0.889. The van der Waals surface area contributed by atoms with Gasteiger partial charge in [-0.2, -0.15) is 0 Å². The Morgan fingerprint density at radius 2 is 1.84 bits per heavy atom. The van der Waals surface area contributed by atoms with Crippen LogP contribution in [0.5, 0.6) is 0 Å². The molecule has 2 rings (SSSR count). The molecule has 0 amide bonds. The molecule has 0 fully saturated rings. The molecule has 5 nitrogen and oxygen atoms in total. The number of rotatable bonds is 4. The number of hydrogen-bond acceptors (Lipinski definition) is 4. The average Bonchev–Trinajstić information content (AvgIpc) is 2.39. The van der Waals surface area contributed by atoms with Gasteiger partial charge < -0.3 is 5.73 Å². The molecule has 3 N–H and O–H groups in total. The third-order valence-corrected chi connectivity index (χ3v) is 4.36. The van der Waals surface area contributed by atoms with Crippen LogP contribution in [0.15, 0.2) is 52.0 Å². The van der Waals surface area contributed by atoms with Crippen molar-refractivity contribution in [2.24, 2.45) is 0 Å². The van der Waals surface area contributed by atoms with Crippen LogP contribution in [-0.2, 0) is 16.6 Å². The van der Waals surface area contributed by atoms with E-state index >= 15 is 0 Å². The minimum atomic E-state index is -3.57. The summed E-state index contributed by atoms with van der Waals surface area (Å²) in [6.45, 7) is 0.222. The maximum absolute atomic E-state index is 12.0. The number of aromatic nitrogens is 1. The SMILES string of the molecule is Nc1ccc(S(=O)(=O)NCc2ccc(Br)cc2)cn1. The van der Waals surface area contributed by atoms with Crippen molar-refractivity contribution < 1.29 is 8.42 Å². The Morgan fingerprint density at radius 1 is 1.16 bits per heavy atom. The van der Waals surface area contributed by atoms with Crippen molar-refractivity contribution in [3.63, 3.8) is 0 Å². The fourth-order valence-corrected chi connectivity index (χ4v) is 2.64. The van der Waals surface area contributed by atoms with E-state index in [1.807, 2.05) is 24.3 Å². The van der Waals surface area contributed by atoms with Crippen LogP contribution in [-0.4, -0.2) is 13.4 Å². The zero-order valence-corrected chi connectivity index (χ0v) is 12.3. The van der Waals surface area contributed by atoms with E-state index in [0.717, 1.165) is 10.0 Å². The molecule has 0 saturated heterocycles. The van der Waals surface area contributed by atoms with Gasteiger partial charge in [0.2, 0.25) is 10.0 Å². The number of halogens is 1. The fraction of sp³-hybridized carbons (Fsp3) is 0.0833. The number of anilines is 1. The summed E-state index contributed by atoms with van der Waals surface area (Å²) < 4.78 is 27.4. The predicted octanol–water partition coefficient (Wildman–Crippen LogP) is 1.90. The van der Waals surface area contributed by atoms with Crippen LogP contribution in [0.2, 0.25) is 0 Å². The molecule has 0 saturated carbocycles. The Labute approximate surface area is 120 Å². The van der Waals surface area contributed by atoms with Crippen LogP contribution in [0, 0.1) is 0 Å². The van der Waals surface area contributed by atoms with E-state index in [-0.39, 0.29) is 17.3 Å². The molecular weight excluding hydrogens is 330 g/mol. The van der Waals surface area contributed by atoms with Gasteiger partial charge in [0, 0.05) is 17.2 Å². The Hall–Kier alpha value is -1.44. The van der Waals surface area contributed by atoms with E-state index in [0.29, 0.717) is 0 Å². The topological polar surface area (TPSA) is 85.1 Å². The van der Waals surface area contributed by atoms with Crippen LogP contribution in [0.1, 0.15) is 5.56 Å². The molecule has 2 aromatic rings. The van der Waals surface area contributed by atoms with E-state index in [1.54, 1.807) is 0 Å². The number of nitrogens with one attached hydrogen (secondary N) is 1. The number of nitrogens with two attached hydrogens (primary N) is 1. The number of nitrogen functional groups attached to an aromatic ring is 1. The van der Waals surface area contributed by atoms with Crippen LogP contribution >= 0.6 is 15.9 Å². The van der Waals surface area contributed by atoms with E-state index in [9.17, 15) is 8.42 Å². The Kier molecular flexibility index (Phi) is 4.18. The molecule has 7 heteroatoms. The molecule has 0 spiro atoms. The van der Waals surface area contributed by atoms with Crippen molar-refractivity contribution in [2.45, 2.75) is 11.4 Å². The van der Waals surface area contributed by atoms with Crippen molar-refractivity contribution in [1.29, 1.82) is 0 Å². The summed E-state index contributed by atoms with van der Waals surface area (Å²) in [7, 11) is -3.57. The lowest BCUT2D eigenvalue weighted by molar-refractivity contribution is 0.581. The highest BCUT2D eigenvalue weighted by atomic mass is 79.9. The van der Waals surface area contributed by atoms with Gasteiger partial charge in [0.05, 0.1) is 0 Å². The van der Waals surface area contributed by atoms with Gasteiger partial charge >= 0.3 is 0 Å². The lowest BCUT2D eigenvalue weighted by atomic mass is 10.2. The van der Waals surface area contributed by atoms with E-state index in [4.69, 9.17) is 5.73 Å².